The first kappa shape index (κ1) is 14.3. The van der Waals surface area contributed by atoms with Crippen molar-refractivity contribution in [2.24, 2.45) is 0 Å². The Hall–Kier alpha value is -2.16. The molecule has 1 amide bonds. The van der Waals surface area contributed by atoms with E-state index in [4.69, 9.17) is 5.73 Å². The number of hydrogen-bond donors (Lipinski definition) is 2. The topological polar surface area (TPSA) is 80.9 Å². The molecule has 0 atom stereocenters. The number of hydrogen-bond acceptors (Lipinski definition) is 5. The summed E-state index contributed by atoms with van der Waals surface area (Å²) in [4.78, 5) is 11.9. The average Bonchev–Trinajstić information content (AvgIpc) is 2.73. The molecule has 106 valence electrons. The monoisotopic (exact) mass is 302 g/mol. The van der Waals surface area contributed by atoms with E-state index in [2.05, 4.69) is 15.5 Å². The van der Waals surface area contributed by atoms with Crippen LogP contribution < -0.4 is 11.1 Å². The summed E-state index contributed by atoms with van der Waals surface area (Å²) in [5.41, 5.74) is 4.29. The van der Waals surface area contributed by atoms with Crippen LogP contribution in [0.2, 0.25) is 0 Å². The van der Waals surface area contributed by atoms with Gasteiger partial charge in [0.2, 0.25) is 5.13 Å². The molecule has 1 heterocycles. The molecule has 0 bridgehead atoms. The van der Waals surface area contributed by atoms with Crippen molar-refractivity contribution in [3.05, 3.63) is 34.3 Å². The molecule has 0 saturated heterocycles. The molecule has 0 aliphatic carbocycles. The maximum Gasteiger partial charge on any atom is 0.416 e. The predicted octanol–water partition coefficient (Wildman–Crippen LogP) is 2.70. The van der Waals surface area contributed by atoms with Crippen molar-refractivity contribution in [2.75, 3.05) is 11.1 Å². The molecule has 0 fully saturated rings. The number of carbonyl (C=O) groups is 1. The van der Waals surface area contributed by atoms with Crippen molar-refractivity contribution in [3.8, 4) is 0 Å². The van der Waals surface area contributed by atoms with E-state index in [9.17, 15) is 18.0 Å². The van der Waals surface area contributed by atoms with Crippen LogP contribution in [0.25, 0.3) is 0 Å². The molecule has 2 aromatic rings. The normalized spacial score (nSPS) is 11.4. The van der Waals surface area contributed by atoms with Crippen molar-refractivity contribution in [1.82, 2.24) is 10.2 Å². The van der Waals surface area contributed by atoms with Crippen LogP contribution in [0.1, 0.15) is 20.9 Å². The van der Waals surface area contributed by atoms with Crippen LogP contribution in [0.5, 0.6) is 0 Å². The Morgan fingerprint density at radius 3 is 2.60 bits per heavy atom. The molecule has 20 heavy (non-hydrogen) atoms. The minimum atomic E-state index is -4.54. The number of nitrogen functional groups attached to an aromatic ring is 1. The molecule has 0 spiro atoms. The first-order valence-electron chi connectivity index (χ1n) is 5.35. The fourth-order valence-corrected chi connectivity index (χ4v) is 2.03. The van der Waals surface area contributed by atoms with E-state index in [1.54, 1.807) is 6.92 Å². The second-order valence-corrected chi connectivity index (χ2v) is 5.06. The minimum Gasteiger partial charge on any atom is -0.398 e. The molecular weight excluding hydrogens is 293 g/mol. The Bertz CT molecular complexity index is 653. The summed E-state index contributed by atoms with van der Waals surface area (Å²) in [6.45, 7) is 1.69. The van der Waals surface area contributed by atoms with Crippen LogP contribution in [0.15, 0.2) is 18.2 Å². The fourth-order valence-electron chi connectivity index (χ4n) is 1.44. The molecule has 2 rings (SSSR count). The lowest BCUT2D eigenvalue weighted by Gasteiger charge is -2.10. The van der Waals surface area contributed by atoms with Gasteiger partial charge in [-0.3, -0.25) is 10.1 Å². The van der Waals surface area contributed by atoms with Crippen LogP contribution in [-0.2, 0) is 6.18 Å². The van der Waals surface area contributed by atoms with Gasteiger partial charge in [0.1, 0.15) is 5.01 Å². The number of aryl methyl sites for hydroxylation is 1. The van der Waals surface area contributed by atoms with Gasteiger partial charge in [-0.25, -0.2) is 0 Å². The average molecular weight is 302 g/mol. The van der Waals surface area contributed by atoms with E-state index in [1.807, 2.05) is 0 Å². The molecule has 0 radical (unpaired) electrons. The van der Waals surface area contributed by atoms with Crippen molar-refractivity contribution < 1.29 is 18.0 Å². The number of nitrogens with one attached hydrogen (secondary N) is 1. The number of anilines is 2. The van der Waals surface area contributed by atoms with Crippen LogP contribution in [0.4, 0.5) is 24.0 Å². The maximum absolute atomic E-state index is 12.6. The molecule has 0 saturated carbocycles. The number of halogens is 3. The highest BCUT2D eigenvalue weighted by Gasteiger charge is 2.31. The Morgan fingerprint density at radius 1 is 1.35 bits per heavy atom. The third-order valence-electron chi connectivity index (χ3n) is 2.37. The fraction of sp³-hybridized carbons (Fsp3) is 0.182. The van der Waals surface area contributed by atoms with E-state index in [0.717, 1.165) is 23.5 Å². The molecule has 0 unspecified atom stereocenters. The third-order valence-corrected chi connectivity index (χ3v) is 3.13. The van der Waals surface area contributed by atoms with E-state index in [0.29, 0.717) is 11.1 Å². The smallest absolute Gasteiger partial charge is 0.398 e. The summed E-state index contributed by atoms with van der Waals surface area (Å²) in [7, 11) is 0. The number of amides is 1. The highest BCUT2D eigenvalue weighted by Crippen LogP contribution is 2.31. The summed E-state index contributed by atoms with van der Waals surface area (Å²) in [6.07, 6.45) is -4.54. The Morgan fingerprint density at radius 2 is 2.05 bits per heavy atom. The van der Waals surface area contributed by atoms with Gasteiger partial charge in [-0.15, -0.1) is 10.2 Å². The van der Waals surface area contributed by atoms with Gasteiger partial charge < -0.3 is 5.73 Å². The quantitative estimate of drug-likeness (QED) is 0.836. The second kappa shape index (κ2) is 5.08. The Kier molecular flexibility index (Phi) is 3.62. The molecule has 0 aliphatic rings. The molecule has 5 nitrogen and oxygen atoms in total. The van der Waals surface area contributed by atoms with Gasteiger partial charge in [0.15, 0.2) is 0 Å². The molecule has 1 aromatic carbocycles. The Labute approximate surface area is 115 Å². The molecule has 0 aliphatic heterocycles. The summed E-state index contributed by atoms with van der Waals surface area (Å²) < 4.78 is 37.8. The lowest BCUT2D eigenvalue weighted by molar-refractivity contribution is -0.137. The largest absolute Gasteiger partial charge is 0.416 e. The summed E-state index contributed by atoms with van der Waals surface area (Å²) in [5.74, 6) is -0.759. The first-order chi connectivity index (χ1) is 9.27. The van der Waals surface area contributed by atoms with Crippen molar-refractivity contribution >= 4 is 28.1 Å². The van der Waals surface area contributed by atoms with Gasteiger partial charge in [0.25, 0.3) is 5.91 Å². The molecule has 3 N–H and O–H groups in total. The number of nitrogens with zero attached hydrogens (tertiary/aromatic N) is 2. The zero-order chi connectivity index (χ0) is 14.9. The zero-order valence-electron chi connectivity index (χ0n) is 10.2. The molecule has 1 aromatic heterocycles. The van der Waals surface area contributed by atoms with Crippen LogP contribution >= 0.6 is 11.3 Å². The highest BCUT2D eigenvalue weighted by molar-refractivity contribution is 7.15. The minimum absolute atomic E-state index is 0.0447. The summed E-state index contributed by atoms with van der Waals surface area (Å²) in [6, 6.07) is 2.57. The first-order valence-corrected chi connectivity index (χ1v) is 6.17. The molecule has 9 heteroatoms. The zero-order valence-corrected chi connectivity index (χ0v) is 11.0. The van der Waals surface area contributed by atoms with Gasteiger partial charge in [-0.05, 0) is 25.1 Å². The second-order valence-electron chi connectivity index (χ2n) is 3.88. The standard InChI is InChI=1S/C11H9F3N4OS/c1-5-17-18-10(20-5)16-9(19)7-4-6(11(12,13)14)2-3-8(7)15/h2-4H,15H2,1H3,(H,16,18,19). The van der Waals surface area contributed by atoms with E-state index < -0.39 is 17.6 Å². The van der Waals surface area contributed by atoms with Crippen LogP contribution in [-0.4, -0.2) is 16.1 Å². The lowest BCUT2D eigenvalue weighted by atomic mass is 10.1. The number of alkyl halides is 3. The number of rotatable bonds is 2. The SMILES string of the molecule is Cc1nnc(NC(=O)c2cc(C(F)(F)F)ccc2N)s1. The van der Waals surface area contributed by atoms with Crippen LogP contribution in [0, 0.1) is 6.92 Å². The van der Waals surface area contributed by atoms with Crippen molar-refractivity contribution in [3.63, 3.8) is 0 Å². The van der Waals surface area contributed by atoms with Crippen molar-refractivity contribution in [2.45, 2.75) is 13.1 Å². The van der Waals surface area contributed by atoms with Gasteiger partial charge in [-0.1, -0.05) is 11.3 Å². The van der Waals surface area contributed by atoms with Gasteiger partial charge >= 0.3 is 6.18 Å². The maximum atomic E-state index is 12.6. The lowest BCUT2D eigenvalue weighted by Crippen LogP contribution is -2.16. The van der Waals surface area contributed by atoms with Crippen molar-refractivity contribution in [1.29, 1.82) is 0 Å². The number of carbonyl (C=O) groups excluding carboxylic acids is 1. The third kappa shape index (κ3) is 3.05. The van der Waals surface area contributed by atoms with Crippen LogP contribution in [0.3, 0.4) is 0 Å². The van der Waals surface area contributed by atoms with Gasteiger partial charge in [0.05, 0.1) is 11.1 Å². The summed E-state index contributed by atoms with van der Waals surface area (Å²) in [5, 5.41) is 10.5. The van der Waals surface area contributed by atoms with E-state index in [1.165, 1.54) is 0 Å². The van der Waals surface area contributed by atoms with Gasteiger partial charge in [-0.2, -0.15) is 13.2 Å². The van der Waals surface area contributed by atoms with E-state index >= 15 is 0 Å². The number of benzene rings is 1. The number of aromatic nitrogens is 2. The summed E-state index contributed by atoms with van der Waals surface area (Å²) >= 11 is 1.11. The Balaban J connectivity index is 2.29. The highest BCUT2D eigenvalue weighted by atomic mass is 32.1. The predicted molar refractivity (Wildman–Crippen MR) is 68.5 cm³/mol. The molecular formula is C11H9F3N4OS. The van der Waals surface area contributed by atoms with E-state index in [-0.39, 0.29) is 16.4 Å². The van der Waals surface area contributed by atoms with Gasteiger partial charge in [0, 0.05) is 5.69 Å². The number of nitrogens with two attached hydrogens (primary N) is 1.